The zero-order valence-electron chi connectivity index (χ0n) is 13.4. The first-order chi connectivity index (χ1) is 9.82. The molecule has 0 saturated carbocycles. The van der Waals surface area contributed by atoms with Crippen LogP contribution in [0.3, 0.4) is 0 Å². The summed E-state index contributed by atoms with van der Waals surface area (Å²) < 4.78 is 1.72. The van der Waals surface area contributed by atoms with E-state index >= 15 is 0 Å². The Balaban J connectivity index is 2.33. The Labute approximate surface area is 127 Å². The third kappa shape index (κ3) is 4.25. The molecule has 2 aromatic rings. The van der Waals surface area contributed by atoms with E-state index in [0.717, 1.165) is 18.0 Å². The third-order valence-electron chi connectivity index (χ3n) is 3.61. The van der Waals surface area contributed by atoms with Gasteiger partial charge in [0.05, 0.1) is 6.54 Å². The molecule has 1 unspecified atom stereocenters. The van der Waals surface area contributed by atoms with Crippen LogP contribution >= 0.6 is 0 Å². The van der Waals surface area contributed by atoms with Crippen LogP contribution in [0.1, 0.15) is 18.1 Å². The molecule has 1 heterocycles. The molecular formula is C16H25N3OSi. The van der Waals surface area contributed by atoms with Crippen molar-refractivity contribution < 1.29 is 5.11 Å². The highest BCUT2D eigenvalue weighted by Gasteiger charge is 2.35. The lowest BCUT2D eigenvalue weighted by Crippen LogP contribution is -2.39. The second kappa shape index (κ2) is 6.11. The molecule has 1 aromatic heterocycles. The standard InChI is InChI=1S/C16H25N3OSi/c1-5-14-6-8-15(9-7-14)16(20,11-21(2,3)4)10-19-13-17-12-18-19/h6-9,12-13,20H,5,10-11H2,1-4H3. The van der Waals surface area contributed by atoms with Gasteiger partial charge in [-0.15, -0.1) is 0 Å². The molecule has 4 nitrogen and oxygen atoms in total. The normalized spacial score (nSPS) is 14.9. The summed E-state index contributed by atoms with van der Waals surface area (Å²) in [6.07, 6.45) is 4.18. The molecule has 1 aromatic carbocycles. The Morgan fingerprint density at radius 1 is 1.19 bits per heavy atom. The number of hydrogen-bond donors (Lipinski definition) is 1. The van der Waals surface area contributed by atoms with Crippen molar-refractivity contribution in [3.63, 3.8) is 0 Å². The number of nitrogens with zero attached hydrogens (tertiary/aromatic N) is 3. The molecule has 2 rings (SSSR count). The summed E-state index contributed by atoms with van der Waals surface area (Å²) in [4.78, 5) is 3.98. The highest BCUT2D eigenvalue weighted by atomic mass is 28.3. The average molecular weight is 303 g/mol. The predicted molar refractivity (Wildman–Crippen MR) is 87.9 cm³/mol. The van der Waals surface area contributed by atoms with E-state index in [4.69, 9.17) is 0 Å². The Morgan fingerprint density at radius 3 is 2.33 bits per heavy atom. The zero-order valence-corrected chi connectivity index (χ0v) is 14.4. The minimum Gasteiger partial charge on any atom is -0.384 e. The van der Waals surface area contributed by atoms with Crippen molar-refractivity contribution in [2.45, 2.75) is 51.2 Å². The first-order valence-corrected chi connectivity index (χ1v) is 11.2. The fourth-order valence-corrected chi connectivity index (χ4v) is 4.83. The second-order valence-electron chi connectivity index (χ2n) is 6.91. The van der Waals surface area contributed by atoms with Gasteiger partial charge in [0, 0.05) is 8.07 Å². The van der Waals surface area contributed by atoms with Crippen molar-refractivity contribution in [2.75, 3.05) is 0 Å². The minimum atomic E-state index is -1.44. The van der Waals surface area contributed by atoms with E-state index in [0.29, 0.717) is 6.54 Å². The van der Waals surface area contributed by atoms with Crippen LogP contribution in [0.15, 0.2) is 36.9 Å². The lowest BCUT2D eigenvalue weighted by molar-refractivity contribution is 0.0332. The van der Waals surface area contributed by atoms with Crippen LogP contribution in [0.4, 0.5) is 0 Å². The van der Waals surface area contributed by atoms with Gasteiger partial charge in [0.2, 0.25) is 0 Å². The topological polar surface area (TPSA) is 50.9 Å². The summed E-state index contributed by atoms with van der Waals surface area (Å²) in [5.74, 6) is 0. The maximum absolute atomic E-state index is 11.3. The lowest BCUT2D eigenvalue weighted by Gasteiger charge is -2.34. The van der Waals surface area contributed by atoms with Crippen LogP contribution in [0.2, 0.25) is 25.7 Å². The van der Waals surface area contributed by atoms with Gasteiger partial charge in [0.1, 0.15) is 18.3 Å². The fourth-order valence-electron chi connectivity index (χ4n) is 2.76. The number of aliphatic hydroxyl groups is 1. The van der Waals surface area contributed by atoms with Crippen LogP contribution in [-0.4, -0.2) is 27.9 Å². The third-order valence-corrected chi connectivity index (χ3v) is 5.26. The van der Waals surface area contributed by atoms with Crippen LogP contribution in [0.25, 0.3) is 0 Å². The lowest BCUT2D eigenvalue weighted by atomic mass is 9.94. The predicted octanol–water partition coefficient (Wildman–Crippen LogP) is 3.07. The first-order valence-electron chi connectivity index (χ1n) is 7.47. The molecule has 0 saturated heterocycles. The molecule has 0 aliphatic heterocycles. The first kappa shape index (κ1) is 15.9. The number of aryl methyl sites for hydroxylation is 1. The van der Waals surface area contributed by atoms with Gasteiger partial charge < -0.3 is 5.11 Å². The van der Waals surface area contributed by atoms with E-state index in [2.05, 4.69) is 60.9 Å². The Bertz CT molecular complexity index is 560. The van der Waals surface area contributed by atoms with Crippen LogP contribution in [0, 0.1) is 0 Å². The van der Waals surface area contributed by atoms with Crippen molar-refractivity contribution in [3.8, 4) is 0 Å². The van der Waals surface area contributed by atoms with Crippen LogP contribution in [0.5, 0.6) is 0 Å². The molecule has 1 atom stereocenters. The number of benzene rings is 1. The van der Waals surface area contributed by atoms with Crippen molar-refractivity contribution in [2.24, 2.45) is 0 Å². The quantitative estimate of drug-likeness (QED) is 0.834. The van der Waals surface area contributed by atoms with Gasteiger partial charge in [-0.1, -0.05) is 50.8 Å². The molecule has 0 radical (unpaired) electrons. The summed E-state index contributed by atoms with van der Waals surface area (Å²) >= 11 is 0. The van der Waals surface area contributed by atoms with Crippen molar-refractivity contribution >= 4 is 8.07 Å². The molecule has 0 amide bonds. The molecular weight excluding hydrogens is 278 g/mol. The van der Waals surface area contributed by atoms with Gasteiger partial charge in [0.15, 0.2) is 0 Å². The summed E-state index contributed by atoms with van der Waals surface area (Å²) in [5.41, 5.74) is 1.37. The van der Waals surface area contributed by atoms with E-state index < -0.39 is 13.7 Å². The van der Waals surface area contributed by atoms with Gasteiger partial charge in [-0.3, -0.25) is 0 Å². The van der Waals surface area contributed by atoms with E-state index in [1.54, 1.807) is 11.0 Å². The fraction of sp³-hybridized carbons (Fsp3) is 0.500. The molecule has 0 aliphatic carbocycles. The largest absolute Gasteiger partial charge is 0.384 e. The van der Waals surface area contributed by atoms with Crippen LogP contribution in [-0.2, 0) is 18.6 Å². The van der Waals surface area contributed by atoms with Gasteiger partial charge in [-0.05, 0) is 23.6 Å². The van der Waals surface area contributed by atoms with Gasteiger partial charge in [-0.2, -0.15) is 5.10 Å². The molecule has 1 N–H and O–H groups in total. The highest BCUT2D eigenvalue weighted by molar-refractivity contribution is 6.76. The summed E-state index contributed by atoms with van der Waals surface area (Å²) in [7, 11) is -1.44. The second-order valence-corrected chi connectivity index (χ2v) is 12.4. The van der Waals surface area contributed by atoms with Crippen molar-refractivity contribution in [3.05, 3.63) is 48.0 Å². The summed E-state index contributed by atoms with van der Waals surface area (Å²) in [6, 6.07) is 9.11. The summed E-state index contributed by atoms with van der Waals surface area (Å²) in [6.45, 7) is 9.42. The van der Waals surface area contributed by atoms with Crippen LogP contribution < -0.4 is 0 Å². The smallest absolute Gasteiger partial charge is 0.137 e. The SMILES string of the molecule is CCc1ccc(C(O)(Cn2cncn2)C[Si](C)(C)C)cc1. The Morgan fingerprint density at radius 2 is 1.86 bits per heavy atom. The van der Waals surface area contributed by atoms with Gasteiger partial charge in [-0.25, -0.2) is 9.67 Å². The number of aromatic nitrogens is 3. The minimum absolute atomic E-state index is 0.447. The van der Waals surface area contributed by atoms with Crippen molar-refractivity contribution in [1.29, 1.82) is 0 Å². The average Bonchev–Trinajstić information content (AvgIpc) is 2.89. The molecule has 21 heavy (non-hydrogen) atoms. The Kier molecular flexibility index (Phi) is 4.63. The number of hydrogen-bond acceptors (Lipinski definition) is 3. The van der Waals surface area contributed by atoms with E-state index in [1.807, 2.05) is 0 Å². The van der Waals surface area contributed by atoms with E-state index in [9.17, 15) is 5.11 Å². The number of rotatable bonds is 6. The molecule has 5 heteroatoms. The monoisotopic (exact) mass is 303 g/mol. The summed E-state index contributed by atoms with van der Waals surface area (Å²) in [5, 5.41) is 15.5. The molecule has 0 spiro atoms. The maximum atomic E-state index is 11.3. The van der Waals surface area contributed by atoms with Gasteiger partial charge in [0.25, 0.3) is 0 Å². The molecule has 114 valence electrons. The highest BCUT2D eigenvalue weighted by Crippen LogP contribution is 2.33. The molecule has 0 bridgehead atoms. The maximum Gasteiger partial charge on any atom is 0.137 e. The molecule has 0 fully saturated rings. The Hall–Kier alpha value is -1.46. The molecule has 0 aliphatic rings. The van der Waals surface area contributed by atoms with Crippen molar-refractivity contribution in [1.82, 2.24) is 14.8 Å². The van der Waals surface area contributed by atoms with E-state index in [-0.39, 0.29) is 0 Å². The van der Waals surface area contributed by atoms with E-state index in [1.165, 1.54) is 11.9 Å². The zero-order chi connectivity index (χ0) is 15.5. The van der Waals surface area contributed by atoms with Gasteiger partial charge >= 0.3 is 0 Å².